The molecule has 2 fully saturated rings. The minimum absolute atomic E-state index is 0.195. The zero-order valence-electron chi connectivity index (χ0n) is 28.1. The van der Waals surface area contributed by atoms with E-state index >= 15 is 0 Å². The van der Waals surface area contributed by atoms with Crippen LogP contribution in [0, 0.1) is 23.7 Å². The maximum atomic E-state index is 12.8. The second-order valence-electron chi connectivity index (χ2n) is 10.9. The second kappa shape index (κ2) is 17.2. The molecule has 12 nitrogen and oxygen atoms in total. The molecule has 47 heavy (non-hydrogen) atoms. The molecule has 0 saturated carbocycles. The molecule has 0 aliphatic carbocycles. The summed E-state index contributed by atoms with van der Waals surface area (Å²) in [7, 11) is 9.25. The van der Waals surface area contributed by atoms with Gasteiger partial charge < -0.3 is 38.2 Å². The predicted molar refractivity (Wildman–Crippen MR) is 177 cm³/mol. The molecule has 2 aliphatic heterocycles. The van der Waals surface area contributed by atoms with Crippen LogP contribution in [-0.4, -0.2) is 140 Å². The Balaban J connectivity index is 1.17. The monoisotopic (exact) mass is 648 g/mol. The minimum Gasteiger partial charge on any atom is -0.493 e. The first-order chi connectivity index (χ1) is 22.8. The van der Waals surface area contributed by atoms with Crippen molar-refractivity contribution in [3.8, 4) is 58.2 Å². The van der Waals surface area contributed by atoms with Crippen molar-refractivity contribution in [2.24, 2.45) is 0 Å². The summed E-state index contributed by atoms with van der Waals surface area (Å²) >= 11 is 0. The van der Waals surface area contributed by atoms with Crippen molar-refractivity contribution in [3.63, 3.8) is 0 Å². The lowest BCUT2D eigenvalue weighted by molar-refractivity contribution is -0.127. The van der Waals surface area contributed by atoms with E-state index in [0.717, 1.165) is 45.7 Å². The molecule has 2 aliphatic rings. The van der Waals surface area contributed by atoms with Crippen LogP contribution < -0.4 is 28.4 Å². The molecule has 0 aromatic heterocycles. The van der Waals surface area contributed by atoms with Gasteiger partial charge in [0.1, 0.15) is 0 Å². The molecule has 0 N–H and O–H groups in total. The fourth-order valence-corrected chi connectivity index (χ4v) is 5.58. The molecule has 12 heteroatoms. The SMILES string of the molecule is COc1cc(C#CC(=O)N2CCN(CCCN3CCN(C(=O)C#Cc4cc(OC)c(OC)c(OC)c4)CC3)CC2)cc(OC)c1OC. The van der Waals surface area contributed by atoms with Crippen LogP contribution in [0.15, 0.2) is 24.3 Å². The Morgan fingerprint density at radius 1 is 0.532 bits per heavy atom. The number of amides is 2. The third kappa shape index (κ3) is 9.16. The highest BCUT2D eigenvalue weighted by molar-refractivity contribution is 5.94. The molecule has 252 valence electrons. The average molecular weight is 649 g/mol. The van der Waals surface area contributed by atoms with Gasteiger partial charge in [-0.2, -0.15) is 0 Å². The summed E-state index contributed by atoms with van der Waals surface area (Å²) in [6.45, 7) is 7.71. The third-order valence-electron chi connectivity index (χ3n) is 8.22. The Labute approximate surface area is 277 Å². The van der Waals surface area contributed by atoms with Gasteiger partial charge in [0.2, 0.25) is 11.5 Å². The van der Waals surface area contributed by atoms with Gasteiger partial charge in [-0.3, -0.25) is 19.4 Å². The lowest BCUT2D eigenvalue weighted by Gasteiger charge is -2.36. The van der Waals surface area contributed by atoms with E-state index in [9.17, 15) is 9.59 Å². The van der Waals surface area contributed by atoms with Gasteiger partial charge in [0.05, 0.1) is 42.7 Å². The molecule has 2 amide bonds. The number of ether oxygens (including phenoxy) is 6. The maximum Gasteiger partial charge on any atom is 0.298 e. The van der Waals surface area contributed by atoms with Gasteiger partial charge in [-0.25, -0.2) is 0 Å². The van der Waals surface area contributed by atoms with E-state index in [1.54, 1.807) is 76.7 Å². The zero-order valence-corrected chi connectivity index (χ0v) is 28.1. The fraction of sp³-hybridized carbons (Fsp3) is 0.486. The second-order valence-corrected chi connectivity index (χ2v) is 10.9. The van der Waals surface area contributed by atoms with Gasteiger partial charge in [-0.1, -0.05) is 11.8 Å². The Bertz CT molecular complexity index is 1360. The minimum atomic E-state index is -0.195. The number of rotatable bonds is 10. The molecule has 0 bridgehead atoms. The van der Waals surface area contributed by atoms with Crippen molar-refractivity contribution in [2.75, 3.05) is 108 Å². The number of methoxy groups -OCH3 is 6. The molecule has 2 heterocycles. The third-order valence-corrected chi connectivity index (χ3v) is 8.22. The van der Waals surface area contributed by atoms with Crippen molar-refractivity contribution in [2.45, 2.75) is 6.42 Å². The summed E-state index contributed by atoms with van der Waals surface area (Å²) in [4.78, 5) is 33.9. The molecule has 0 atom stereocenters. The van der Waals surface area contributed by atoms with Crippen LogP contribution in [0.2, 0.25) is 0 Å². The first-order valence-electron chi connectivity index (χ1n) is 15.5. The van der Waals surface area contributed by atoms with Crippen molar-refractivity contribution in [3.05, 3.63) is 35.4 Å². The van der Waals surface area contributed by atoms with Gasteiger partial charge in [-0.05, 0) is 43.8 Å². The summed E-state index contributed by atoms with van der Waals surface area (Å²) in [5, 5.41) is 0. The van der Waals surface area contributed by atoms with Crippen LogP contribution in [0.3, 0.4) is 0 Å². The van der Waals surface area contributed by atoms with Crippen molar-refractivity contribution in [1.82, 2.24) is 19.6 Å². The van der Waals surface area contributed by atoms with E-state index in [4.69, 9.17) is 28.4 Å². The van der Waals surface area contributed by atoms with Crippen LogP contribution in [0.25, 0.3) is 0 Å². The number of hydrogen-bond acceptors (Lipinski definition) is 10. The number of benzene rings is 2. The van der Waals surface area contributed by atoms with Gasteiger partial charge >= 0.3 is 0 Å². The molecule has 4 rings (SSSR count). The molecular weight excluding hydrogens is 604 g/mol. The molecule has 0 radical (unpaired) electrons. The molecule has 2 saturated heterocycles. The average Bonchev–Trinajstić information content (AvgIpc) is 3.12. The highest BCUT2D eigenvalue weighted by atomic mass is 16.5. The first kappa shape index (κ1) is 35.1. The fourth-order valence-electron chi connectivity index (χ4n) is 5.58. The Morgan fingerprint density at radius 3 is 1.13 bits per heavy atom. The summed E-state index contributed by atoms with van der Waals surface area (Å²) in [6, 6.07) is 6.91. The Morgan fingerprint density at radius 2 is 0.851 bits per heavy atom. The van der Waals surface area contributed by atoms with E-state index in [-0.39, 0.29) is 11.8 Å². The highest BCUT2D eigenvalue weighted by Crippen LogP contribution is 2.38. The van der Waals surface area contributed by atoms with Crippen LogP contribution in [0.4, 0.5) is 0 Å². The quantitative estimate of drug-likeness (QED) is 0.355. The van der Waals surface area contributed by atoms with Crippen molar-refractivity contribution < 1.29 is 38.0 Å². The Hall–Kier alpha value is -4.78. The van der Waals surface area contributed by atoms with E-state index < -0.39 is 0 Å². The van der Waals surface area contributed by atoms with E-state index in [1.165, 1.54) is 0 Å². The summed E-state index contributed by atoms with van der Waals surface area (Å²) < 4.78 is 32.2. The van der Waals surface area contributed by atoms with Crippen molar-refractivity contribution in [1.29, 1.82) is 0 Å². The normalized spacial score (nSPS) is 15.0. The topological polar surface area (TPSA) is 102 Å². The van der Waals surface area contributed by atoms with Gasteiger partial charge in [0.15, 0.2) is 23.0 Å². The number of hydrogen-bond donors (Lipinski definition) is 0. The van der Waals surface area contributed by atoms with Crippen LogP contribution in [-0.2, 0) is 9.59 Å². The van der Waals surface area contributed by atoms with E-state index in [2.05, 4.69) is 33.5 Å². The Kier molecular flexibility index (Phi) is 12.9. The molecule has 0 spiro atoms. The first-order valence-corrected chi connectivity index (χ1v) is 15.5. The van der Waals surface area contributed by atoms with Crippen molar-refractivity contribution >= 4 is 11.8 Å². The molecule has 2 aromatic carbocycles. The van der Waals surface area contributed by atoms with Gasteiger partial charge in [0.25, 0.3) is 11.8 Å². The maximum absolute atomic E-state index is 12.8. The molecule has 0 unspecified atom stereocenters. The van der Waals surface area contributed by atoms with Crippen LogP contribution in [0.5, 0.6) is 34.5 Å². The summed E-state index contributed by atoms with van der Waals surface area (Å²) in [5.74, 6) is 13.9. The largest absolute Gasteiger partial charge is 0.493 e. The number of piperazine rings is 2. The summed E-state index contributed by atoms with van der Waals surface area (Å²) in [6.07, 6.45) is 1.02. The van der Waals surface area contributed by atoms with Crippen LogP contribution in [0.1, 0.15) is 17.5 Å². The lowest BCUT2D eigenvalue weighted by Crippen LogP contribution is -2.50. The standard InChI is InChI=1S/C35H44N4O8/c1-42-28-22-26(23-29(43-2)34(28)46-5)8-10-32(40)38-18-14-36(15-19-38)12-7-13-37-16-20-39(21-17-37)33(41)11-9-27-24-30(44-3)35(47-6)31(25-27)45-4/h22-25H,7,12-21H2,1-6H3. The van der Waals surface area contributed by atoms with E-state index in [1.807, 2.05) is 0 Å². The predicted octanol–water partition coefficient (Wildman–Crippen LogP) is 1.82. The smallest absolute Gasteiger partial charge is 0.298 e. The molecular formula is C35H44N4O8. The number of nitrogens with zero attached hydrogens (tertiary/aromatic N) is 4. The number of carbonyl (C=O) groups is 2. The van der Waals surface area contributed by atoms with E-state index in [0.29, 0.717) is 71.8 Å². The number of carbonyl (C=O) groups excluding carboxylic acids is 2. The zero-order chi connectivity index (χ0) is 33.8. The van der Waals surface area contributed by atoms with Gasteiger partial charge in [-0.15, -0.1) is 0 Å². The van der Waals surface area contributed by atoms with Crippen LogP contribution >= 0.6 is 0 Å². The molecule has 2 aromatic rings. The summed E-state index contributed by atoms with van der Waals surface area (Å²) in [5.41, 5.74) is 1.22. The lowest BCUT2D eigenvalue weighted by atomic mass is 10.2. The van der Waals surface area contributed by atoms with Gasteiger partial charge in [0, 0.05) is 75.3 Å². The highest BCUT2D eigenvalue weighted by Gasteiger charge is 2.22.